The van der Waals surface area contributed by atoms with Crippen LogP contribution >= 0.6 is 39.1 Å². The van der Waals surface area contributed by atoms with Crippen LogP contribution in [0.25, 0.3) is 0 Å². The van der Waals surface area contributed by atoms with Crippen molar-refractivity contribution in [2.45, 2.75) is 25.4 Å². The molecule has 1 N–H and O–H groups in total. The molecule has 0 aliphatic carbocycles. The number of hydrogen-bond acceptors (Lipinski definition) is 4. The second kappa shape index (κ2) is 6.93. The molecule has 1 unspecified atom stereocenters. The standard InChI is InChI=1S/C16H17BrCl2N4/c1-16(22-7-11-2-3-13(18)6-14(11)19)4-5-23(10-16)15-20-8-12(17)9-21-15/h2-3,6,8-9,22H,4-5,7,10H2,1H3. The van der Waals surface area contributed by atoms with E-state index in [-0.39, 0.29) is 5.54 Å². The fourth-order valence-electron chi connectivity index (χ4n) is 2.72. The van der Waals surface area contributed by atoms with Crippen LogP contribution in [0.1, 0.15) is 18.9 Å². The van der Waals surface area contributed by atoms with Crippen LogP contribution < -0.4 is 10.2 Å². The molecule has 1 aromatic carbocycles. The highest BCUT2D eigenvalue weighted by Crippen LogP contribution is 2.26. The second-order valence-electron chi connectivity index (χ2n) is 6.02. The van der Waals surface area contributed by atoms with Crippen LogP contribution in [0, 0.1) is 0 Å². The van der Waals surface area contributed by atoms with E-state index in [0.717, 1.165) is 35.5 Å². The number of nitrogens with one attached hydrogen (secondary N) is 1. The molecule has 1 atom stereocenters. The van der Waals surface area contributed by atoms with Gasteiger partial charge < -0.3 is 10.2 Å². The van der Waals surface area contributed by atoms with E-state index in [9.17, 15) is 0 Å². The molecule has 122 valence electrons. The minimum atomic E-state index is -0.000597. The maximum absolute atomic E-state index is 6.24. The summed E-state index contributed by atoms with van der Waals surface area (Å²) in [6.45, 7) is 4.72. The zero-order valence-electron chi connectivity index (χ0n) is 12.7. The van der Waals surface area contributed by atoms with Gasteiger partial charge in [0.25, 0.3) is 0 Å². The Morgan fingerprint density at radius 2 is 2.04 bits per heavy atom. The summed E-state index contributed by atoms with van der Waals surface area (Å²) < 4.78 is 0.888. The molecule has 0 bridgehead atoms. The predicted molar refractivity (Wildman–Crippen MR) is 98.3 cm³/mol. The lowest BCUT2D eigenvalue weighted by Gasteiger charge is -2.26. The Balaban J connectivity index is 1.63. The molecule has 1 aliphatic rings. The normalized spacial score (nSPS) is 21.0. The Morgan fingerprint density at radius 1 is 1.30 bits per heavy atom. The molecular formula is C16H17BrCl2N4. The second-order valence-corrected chi connectivity index (χ2v) is 7.78. The van der Waals surface area contributed by atoms with Gasteiger partial charge in [0, 0.05) is 47.6 Å². The van der Waals surface area contributed by atoms with Crippen molar-refractivity contribution in [1.29, 1.82) is 0 Å². The molecule has 2 heterocycles. The van der Waals surface area contributed by atoms with Crippen molar-refractivity contribution in [3.05, 3.63) is 50.7 Å². The van der Waals surface area contributed by atoms with Gasteiger partial charge in [-0.05, 0) is 47.0 Å². The fourth-order valence-corrected chi connectivity index (χ4v) is 3.40. The maximum atomic E-state index is 6.24. The van der Waals surface area contributed by atoms with Crippen LogP contribution in [0.4, 0.5) is 5.95 Å². The van der Waals surface area contributed by atoms with Crippen LogP contribution in [-0.2, 0) is 6.54 Å². The first-order chi connectivity index (χ1) is 11.0. The lowest BCUT2D eigenvalue weighted by molar-refractivity contribution is 0.389. The minimum Gasteiger partial charge on any atom is -0.339 e. The molecule has 7 heteroatoms. The first kappa shape index (κ1) is 17.0. The number of halogens is 3. The molecule has 0 amide bonds. The molecule has 1 fully saturated rings. The monoisotopic (exact) mass is 414 g/mol. The summed E-state index contributed by atoms with van der Waals surface area (Å²) in [5, 5.41) is 4.96. The van der Waals surface area contributed by atoms with Crippen molar-refractivity contribution in [3.8, 4) is 0 Å². The van der Waals surface area contributed by atoms with E-state index in [2.05, 4.69) is 43.0 Å². The van der Waals surface area contributed by atoms with Gasteiger partial charge in [0.2, 0.25) is 5.95 Å². The molecular weight excluding hydrogens is 399 g/mol. The Hall–Kier alpha value is -0.880. The van der Waals surface area contributed by atoms with Crippen molar-refractivity contribution in [2.75, 3.05) is 18.0 Å². The van der Waals surface area contributed by atoms with Gasteiger partial charge in [-0.25, -0.2) is 9.97 Å². The van der Waals surface area contributed by atoms with Crippen molar-refractivity contribution in [1.82, 2.24) is 15.3 Å². The van der Waals surface area contributed by atoms with E-state index in [1.807, 2.05) is 12.1 Å². The molecule has 1 aliphatic heterocycles. The van der Waals surface area contributed by atoms with Crippen LogP contribution in [-0.4, -0.2) is 28.6 Å². The quantitative estimate of drug-likeness (QED) is 0.807. The Labute approximate surface area is 154 Å². The van der Waals surface area contributed by atoms with E-state index in [1.54, 1.807) is 18.5 Å². The van der Waals surface area contributed by atoms with Crippen molar-refractivity contribution >= 4 is 45.1 Å². The molecule has 1 saturated heterocycles. The zero-order valence-corrected chi connectivity index (χ0v) is 15.8. The first-order valence-electron chi connectivity index (χ1n) is 7.37. The van der Waals surface area contributed by atoms with Crippen LogP contribution in [0.3, 0.4) is 0 Å². The maximum Gasteiger partial charge on any atom is 0.225 e. The number of aromatic nitrogens is 2. The van der Waals surface area contributed by atoms with Gasteiger partial charge in [-0.1, -0.05) is 29.3 Å². The lowest BCUT2D eigenvalue weighted by atomic mass is 10.0. The topological polar surface area (TPSA) is 41.0 Å². The largest absolute Gasteiger partial charge is 0.339 e. The molecule has 0 saturated carbocycles. The molecule has 3 rings (SSSR count). The predicted octanol–water partition coefficient (Wildman–Crippen LogP) is 4.30. The Kier molecular flexibility index (Phi) is 5.11. The van der Waals surface area contributed by atoms with E-state index >= 15 is 0 Å². The van der Waals surface area contributed by atoms with Crippen molar-refractivity contribution < 1.29 is 0 Å². The van der Waals surface area contributed by atoms with Gasteiger partial charge in [0.1, 0.15) is 0 Å². The number of nitrogens with zero attached hydrogens (tertiary/aromatic N) is 3. The SMILES string of the molecule is CC1(NCc2ccc(Cl)cc2Cl)CCN(c2ncc(Br)cn2)C1. The average molecular weight is 416 g/mol. The zero-order chi connectivity index (χ0) is 16.4. The van der Waals surface area contributed by atoms with Crippen LogP contribution in [0.5, 0.6) is 0 Å². The summed E-state index contributed by atoms with van der Waals surface area (Å²) in [4.78, 5) is 10.9. The molecule has 0 spiro atoms. The van der Waals surface area contributed by atoms with Crippen molar-refractivity contribution in [2.24, 2.45) is 0 Å². The summed E-state index contributed by atoms with van der Waals surface area (Å²) in [6.07, 6.45) is 4.58. The molecule has 2 aromatic rings. The summed E-state index contributed by atoms with van der Waals surface area (Å²) in [5.41, 5.74) is 1.05. The third-order valence-corrected chi connectivity index (χ3v) is 5.08. The summed E-state index contributed by atoms with van der Waals surface area (Å²) in [5.74, 6) is 0.767. The average Bonchev–Trinajstić information content (AvgIpc) is 2.90. The van der Waals surface area contributed by atoms with Crippen LogP contribution in [0.2, 0.25) is 10.0 Å². The van der Waals surface area contributed by atoms with Gasteiger partial charge >= 0.3 is 0 Å². The molecule has 4 nitrogen and oxygen atoms in total. The van der Waals surface area contributed by atoms with Gasteiger partial charge in [-0.15, -0.1) is 0 Å². The molecule has 23 heavy (non-hydrogen) atoms. The highest BCUT2D eigenvalue weighted by Gasteiger charge is 2.34. The van der Waals surface area contributed by atoms with Gasteiger partial charge in [-0.2, -0.15) is 0 Å². The third-order valence-electron chi connectivity index (χ3n) is 4.08. The van der Waals surface area contributed by atoms with Crippen LogP contribution in [0.15, 0.2) is 35.1 Å². The van der Waals surface area contributed by atoms with Gasteiger partial charge in [0.05, 0.1) is 4.47 Å². The van der Waals surface area contributed by atoms with Gasteiger partial charge in [-0.3, -0.25) is 0 Å². The minimum absolute atomic E-state index is 0.000597. The molecule has 0 radical (unpaired) electrons. The number of rotatable bonds is 4. The third kappa shape index (κ3) is 4.15. The number of anilines is 1. The first-order valence-corrected chi connectivity index (χ1v) is 8.92. The number of benzene rings is 1. The summed E-state index contributed by atoms with van der Waals surface area (Å²) in [7, 11) is 0. The molecule has 1 aromatic heterocycles. The highest BCUT2D eigenvalue weighted by molar-refractivity contribution is 9.10. The number of hydrogen-bond donors (Lipinski definition) is 1. The lowest BCUT2D eigenvalue weighted by Crippen LogP contribution is -2.44. The van der Waals surface area contributed by atoms with Crippen molar-refractivity contribution in [3.63, 3.8) is 0 Å². The smallest absolute Gasteiger partial charge is 0.225 e. The summed E-state index contributed by atoms with van der Waals surface area (Å²) in [6, 6.07) is 5.61. The Morgan fingerprint density at radius 3 is 2.74 bits per heavy atom. The highest BCUT2D eigenvalue weighted by atomic mass is 79.9. The summed E-state index contributed by atoms with van der Waals surface area (Å²) >= 11 is 15.5. The fraction of sp³-hybridized carbons (Fsp3) is 0.375. The van der Waals surface area contributed by atoms with E-state index in [0.29, 0.717) is 16.6 Å². The Bertz CT molecular complexity index is 695. The van der Waals surface area contributed by atoms with E-state index in [1.165, 1.54) is 0 Å². The van der Waals surface area contributed by atoms with E-state index < -0.39 is 0 Å². The van der Waals surface area contributed by atoms with E-state index in [4.69, 9.17) is 23.2 Å². The van der Waals surface area contributed by atoms with Gasteiger partial charge in [0.15, 0.2) is 0 Å².